The number of carbonyl (C=O) groups excluding carboxylic acids is 1. The van der Waals surface area contributed by atoms with Crippen molar-refractivity contribution in [2.75, 3.05) is 40.5 Å². The van der Waals surface area contributed by atoms with Crippen LogP contribution >= 0.6 is 7.26 Å². The summed E-state index contributed by atoms with van der Waals surface area (Å²) in [4.78, 5) is 20.1. The molecule has 7 heteroatoms. The summed E-state index contributed by atoms with van der Waals surface area (Å²) in [6.45, 7) is 1.09. The smallest absolute Gasteiger partial charge is 0.102 e. The molecule has 67 heavy (non-hydrogen) atoms. The van der Waals surface area contributed by atoms with Crippen LogP contribution in [-0.4, -0.2) is 61.5 Å². The van der Waals surface area contributed by atoms with Crippen LogP contribution in [0.1, 0.15) is 73.1 Å². The van der Waals surface area contributed by atoms with E-state index in [1.165, 1.54) is 21.5 Å². The minimum Gasteiger partial charge on any atom is -0.384 e. The Morgan fingerprint density at radius 3 is 1.91 bits per heavy atom. The molecule has 0 amide bonds. The number of aromatic nitrogens is 1. The van der Waals surface area contributed by atoms with Gasteiger partial charge in [0.05, 0.1) is 12.6 Å². The molecule has 0 saturated carbocycles. The number of hydrogen-bond donors (Lipinski definition) is 1. The third-order valence-electron chi connectivity index (χ3n) is 13.5. The quantitative estimate of drug-likeness (QED) is 0.0415. The van der Waals surface area contributed by atoms with E-state index in [1.54, 1.807) is 7.11 Å². The molecule has 0 unspecified atom stereocenters. The summed E-state index contributed by atoms with van der Waals surface area (Å²) in [7, 11) is 3.48. The number of fused-ring (bicyclic) bond motifs is 2. The largest absolute Gasteiger partial charge is 0.384 e. The second-order valence-electron chi connectivity index (χ2n) is 18.2. The van der Waals surface area contributed by atoms with Crippen molar-refractivity contribution in [3.8, 4) is 5.88 Å². The van der Waals surface area contributed by atoms with Gasteiger partial charge in [-0.3, -0.25) is 0 Å². The Labute approximate surface area is 398 Å². The van der Waals surface area contributed by atoms with Crippen LogP contribution in [0.3, 0.4) is 0 Å². The van der Waals surface area contributed by atoms with Gasteiger partial charge in [-0.05, 0) is 60.6 Å². The molecule has 0 aliphatic heterocycles. The van der Waals surface area contributed by atoms with E-state index >= 15 is 0 Å². The van der Waals surface area contributed by atoms with Gasteiger partial charge in [-0.1, -0.05) is 78.9 Å². The normalized spacial score (nSPS) is 13.3. The number of pyridine rings is 1. The second-order valence-corrected chi connectivity index (χ2v) is 22.2. The molecule has 0 spiro atoms. The van der Waals surface area contributed by atoms with Gasteiger partial charge < -0.3 is 14.7 Å². The number of methoxy groups -OCH3 is 1. The molecule has 1 aromatic heterocycles. The maximum atomic E-state index is 13.4. The monoisotopic (exact) mass is 908 g/mol. The first kappa shape index (κ1) is 47.3. The zero-order chi connectivity index (χ0) is 46.5. The number of unbranched alkanes of at least 4 members (excludes halogenated alkanes) is 3. The Bertz CT molecular complexity index is 2720. The Morgan fingerprint density at radius 1 is 0.657 bits per heavy atom. The molecule has 0 saturated heterocycles. The average molecular weight is 909 g/mol. The van der Waals surface area contributed by atoms with Crippen LogP contribution in [-0.2, 0) is 21.6 Å². The first-order valence-corrected chi connectivity index (χ1v) is 26.2. The topological polar surface area (TPSA) is 71.9 Å². The van der Waals surface area contributed by atoms with Gasteiger partial charge in [0.1, 0.15) is 5.60 Å². The predicted octanol–water partition coefficient (Wildman–Crippen LogP) is 11.5. The third-order valence-corrected chi connectivity index (χ3v) is 18.6. The number of aryl methyl sites for hydroxylation is 1. The Morgan fingerprint density at radius 2 is 1.27 bits per heavy atom. The number of esters is 1. The van der Waals surface area contributed by atoms with Crippen molar-refractivity contribution >= 4 is 50.8 Å². The average Bonchev–Trinajstić information content (AvgIpc) is 3.37. The SMILES string of the molecule is COc1nc2ccc(CCCCOC(=O)CCCCC[PH](c3ccccc3)(c3ccccc3)c3ccccc3)cc2cc1[C@@H](c1ccccc1)[C@@](O)(CCN(C)C)c1cccc2ccccc12. The zero-order valence-electron chi connectivity index (χ0n) is 39.3. The number of hydrogen-bond acceptors (Lipinski definition) is 6. The fraction of sp³-hybridized carbons (Fsp3) is 0.267. The second kappa shape index (κ2) is 22.5. The van der Waals surface area contributed by atoms with Crippen molar-refractivity contribution in [2.45, 2.75) is 62.9 Å². The standard InChI is InChI=1S/C60H65N2O4P/c1-62(2)41-40-60(64,55-36-23-28-47-25-18-19-35-53(47)55)58(48-26-9-4-10-27-48)54-45-49-44-46(38-39-56(49)61-59(54)65-3)24-20-21-42-66-57(63)37-17-8-22-43-67(50-29-11-5-12-30-50,51-31-13-6-14-32-51)52-33-15-7-16-34-52/h4-7,9-16,18-19,23,25-36,38-39,44-45,58,64,67H,8,17,20-22,24,37,40-43H2,1-3H3/t58-,60-/m1/s1. The van der Waals surface area contributed by atoms with Gasteiger partial charge in [-0.25, -0.2) is 4.98 Å². The van der Waals surface area contributed by atoms with E-state index < -0.39 is 18.8 Å². The summed E-state index contributed by atoms with van der Waals surface area (Å²) in [5.74, 6) is -0.100. The van der Waals surface area contributed by atoms with Gasteiger partial charge in [-0.2, -0.15) is 0 Å². The van der Waals surface area contributed by atoms with Gasteiger partial charge in [-0.15, -0.1) is 0 Å². The summed E-state index contributed by atoms with van der Waals surface area (Å²) in [6.07, 6.45) is 7.36. The van der Waals surface area contributed by atoms with Crippen LogP contribution in [0, 0.1) is 0 Å². The Kier molecular flexibility index (Phi) is 15.9. The fourth-order valence-electron chi connectivity index (χ4n) is 10.2. The molecule has 1 N–H and O–H groups in total. The number of aliphatic hydroxyl groups is 1. The number of benzene rings is 7. The van der Waals surface area contributed by atoms with Crippen LogP contribution in [0.15, 0.2) is 188 Å². The number of nitrogens with zero attached hydrogens (tertiary/aromatic N) is 2. The first-order valence-electron chi connectivity index (χ1n) is 24.0. The fourth-order valence-corrected chi connectivity index (χ4v) is 15.1. The van der Waals surface area contributed by atoms with Crippen LogP contribution in [0.5, 0.6) is 5.88 Å². The van der Waals surface area contributed by atoms with Crippen molar-refractivity contribution in [2.24, 2.45) is 0 Å². The molecule has 2 atom stereocenters. The molecular formula is C60H65N2O4P. The Balaban J connectivity index is 0.915. The van der Waals surface area contributed by atoms with Gasteiger partial charge in [0.25, 0.3) is 0 Å². The number of rotatable bonds is 22. The van der Waals surface area contributed by atoms with Gasteiger partial charge >= 0.3 is 193 Å². The van der Waals surface area contributed by atoms with E-state index in [4.69, 9.17) is 14.5 Å². The molecule has 0 aliphatic carbocycles. The molecule has 0 fully saturated rings. The van der Waals surface area contributed by atoms with E-state index in [0.717, 1.165) is 83.1 Å². The van der Waals surface area contributed by atoms with E-state index in [0.29, 0.717) is 31.9 Å². The van der Waals surface area contributed by atoms with E-state index in [9.17, 15) is 9.90 Å². The van der Waals surface area contributed by atoms with Crippen LogP contribution in [0.25, 0.3) is 21.7 Å². The van der Waals surface area contributed by atoms with Crippen molar-refractivity contribution in [3.05, 3.63) is 210 Å². The molecule has 0 bridgehead atoms. The van der Waals surface area contributed by atoms with E-state index in [1.807, 2.05) is 50.5 Å². The summed E-state index contributed by atoms with van der Waals surface area (Å²) in [5, 5.41) is 20.8. The molecule has 7 aromatic carbocycles. The summed E-state index contributed by atoms with van der Waals surface area (Å²) < 4.78 is 11.8. The minimum absolute atomic E-state index is 0.113. The van der Waals surface area contributed by atoms with Gasteiger partial charge in [0.2, 0.25) is 5.88 Å². The maximum Gasteiger partial charge on any atom is 0.102 e. The minimum atomic E-state index is -2.27. The molecule has 8 aromatic rings. The summed E-state index contributed by atoms with van der Waals surface area (Å²) in [6, 6.07) is 66.5. The number of carbonyl (C=O) groups is 1. The molecule has 0 aliphatic rings. The van der Waals surface area contributed by atoms with Crippen LogP contribution in [0.2, 0.25) is 0 Å². The van der Waals surface area contributed by atoms with Crippen LogP contribution in [0.4, 0.5) is 0 Å². The van der Waals surface area contributed by atoms with Crippen molar-refractivity contribution < 1.29 is 19.4 Å². The van der Waals surface area contributed by atoms with Crippen molar-refractivity contribution in [3.63, 3.8) is 0 Å². The molecule has 0 radical (unpaired) electrons. The first-order chi connectivity index (χ1) is 32.8. The van der Waals surface area contributed by atoms with Crippen LogP contribution < -0.4 is 20.7 Å². The third kappa shape index (κ3) is 11.0. The molecule has 1 heterocycles. The summed E-state index contributed by atoms with van der Waals surface area (Å²) >= 11 is 0. The van der Waals surface area contributed by atoms with E-state index in [-0.39, 0.29) is 5.97 Å². The molecular weight excluding hydrogens is 844 g/mol. The maximum absolute atomic E-state index is 13.4. The molecule has 8 rings (SSSR count). The molecule has 344 valence electrons. The predicted molar refractivity (Wildman–Crippen MR) is 281 cm³/mol. The van der Waals surface area contributed by atoms with Gasteiger partial charge in [0, 0.05) is 23.4 Å². The van der Waals surface area contributed by atoms with E-state index in [2.05, 4.69) is 157 Å². The zero-order valence-corrected chi connectivity index (χ0v) is 40.3. The Hall–Kier alpha value is -6.17. The van der Waals surface area contributed by atoms with Crippen molar-refractivity contribution in [1.82, 2.24) is 9.88 Å². The van der Waals surface area contributed by atoms with Gasteiger partial charge in [0.15, 0.2) is 0 Å². The summed E-state index contributed by atoms with van der Waals surface area (Å²) in [5.41, 5.74) is 3.41. The molecule has 6 nitrogen and oxygen atoms in total. The van der Waals surface area contributed by atoms with Crippen molar-refractivity contribution in [1.29, 1.82) is 0 Å². The number of ether oxygens (including phenoxy) is 2.